The molecule has 2 aromatic carbocycles. The molecule has 4 rings (SSSR count). The Morgan fingerprint density at radius 1 is 1.18 bits per heavy atom. The number of methoxy groups -OCH3 is 2. The quantitative estimate of drug-likeness (QED) is 0.353. The van der Waals surface area contributed by atoms with E-state index in [0.29, 0.717) is 41.9 Å². The highest BCUT2D eigenvalue weighted by molar-refractivity contribution is 8.93. The number of halogens is 2. The SMILES string of the molecule is Br.COc1cc2c(c(F)c1OC)C(=N)N(CC(=O)c1cc(N3CCC(OCC(=O)O)C3)c(O)c(C(C)(C)C)c1)C2. The summed E-state index contributed by atoms with van der Waals surface area (Å²) in [5.41, 5.74) is 1.51. The number of carboxylic acids is 1. The highest BCUT2D eigenvalue weighted by Crippen LogP contribution is 2.41. The van der Waals surface area contributed by atoms with Gasteiger partial charge in [-0.05, 0) is 35.6 Å². The molecule has 0 bridgehead atoms. The maximum Gasteiger partial charge on any atom is 0.329 e. The number of phenols is 1. The maximum atomic E-state index is 15.2. The first kappa shape index (κ1) is 31.2. The van der Waals surface area contributed by atoms with Crippen molar-refractivity contribution in [3.8, 4) is 17.2 Å². The number of rotatable bonds is 9. The summed E-state index contributed by atoms with van der Waals surface area (Å²) in [5, 5.41) is 28.7. The van der Waals surface area contributed by atoms with Gasteiger partial charge in [0.1, 0.15) is 18.2 Å². The number of fused-ring (bicyclic) bond motifs is 1. The summed E-state index contributed by atoms with van der Waals surface area (Å²) in [6.45, 7) is 6.26. The number of nitrogens with zero attached hydrogens (tertiary/aromatic N) is 2. The zero-order valence-corrected chi connectivity index (χ0v) is 24.9. The van der Waals surface area contributed by atoms with Gasteiger partial charge in [0.15, 0.2) is 23.1 Å². The standard InChI is InChI=1S/C28H34FN3O7.BrH/c1-28(2,3)18-8-15(9-19(25(18)36)31-7-6-17(12-31)39-14-22(34)35)20(33)13-32-11-16-10-21(37-4)26(38-5)24(29)23(16)27(32)30;/h8-10,17,30,36H,6-7,11-14H2,1-5H3,(H,34,35);1H. The van der Waals surface area contributed by atoms with Crippen LogP contribution >= 0.6 is 17.0 Å². The molecule has 12 heteroatoms. The van der Waals surface area contributed by atoms with E-state index >= 15 is 4.39 Å². The largest absolute Gasteiger partial charge is 0.505 e. The van der Waals surface area contributed by atoms with Crippen LogP contribution in [0.2, 0.25) is 0 Å². The molecule has 1 fully saturated rings. The number of carbonyl (C=O) groups excluding carboxylic acids is 1. The smallest absolute Gasteiger partial charge is 0.329 e. The Morgan fingerprint density at radius 2 is 1.88 bits per heavy atom. The summed E-state index contributed by atoms with van der Waals surface area (Å²) < 4.78 is 31.0. The Balaban J connectivity index is 0.00000441. The number of Topliss-reactive ketones (excluding diaryl/α,β-unsaturated/α-hetero) is 1. The number of ether oxygens (including phenoxy) is 3. The van der Waals surface area contributed by atoms with Crippen molar-refractivity contribution in [3.05, 3.63) is 46.3 Å². The topological polar surface area (TPSA) is 133 Å². The number of anilines is 1. The Bertz CT molecular complexity index is 1330. The minimum absolute atomic E-state index is 0. The normalized spacial score (nSPS) is 16.6. The van der Waals surface area contributed by atoms with Gasteiger partial charge < -0.3 is 34.2 Å². The van der Waals surface area contributed by atoms with Crippen LogP contribution in [-0.2, 0) is 21.5 Å². The molecule has 0 spiro atoms. The van der Waals surface area contributed by atoms with Crippen LogP contribution in [0.4, 0.5) is 10.1 Å². The molecule has 0 aliphatic carbocycles. The van der Waals surface area contributed by atoms with Crippen LogP contribution in [0.25, 0.3) is 0 Å². The van der Waals surface area contributed by atoms with Crippen molar-refractivity contribution in [1.82, 2.24) is 4.90 Å². The number of nitrogens with one attached hydrogen (secondary N) is 1. The molecule has 10 nitrogen and oxygen atoms in total. The first-order chi connectivity index (χ1) is 18.3. The molecule has 2 heterocycles. The Morgan fingerprint density at radius 3 is 2.48 bits per heavy atom. The summed E-state index contributed by atoms with van der Waals surface area (Å²) >= 11 is 0. The van der Waals surface area contributed by atoms with Crippen LogP contribution in [0.3, 0.4) is 0 Å². The van der Waals surface area contributed by atoms with Crippen molar-refractivity contribution in [2.45, 2.75) is 45.3 Å². The summed E-state index contributed by atoms with van der Waals surface area (Å²) in [5.74, 6) is -2.00. The molecule has 2 aliphatic rings. The van der Waals surface area contributed by atoms with Crippen LogP contribution in [0.5, 0.6) is 17.2 Å². The van der Waals surface area contributed by atoms with Crippen molar-refractivity contribution in [2.24, 2.45) is 0 Å². The number of carboxylic acid groups (broad SMARTS) is 1. The predicted molar refractivity (Wildman–Crippen MR) is 152 cm³/mol. The van der Waals surface area contributed by atoms with Crippen LogP contribution in [0.15, 0.2) is 18.2 Å². The third kappa shape index (κ3) is 6.02. The van der Waals surface area contributed by atoms with E-state index in [-0.39, 0.29) is 70.6 Å². The van der Waals surface area contributed by atoms with Gasteiger partial charge in [0.2, 0.25) is 0 Å². The lowest BCUT2D eigenvalue weighted by Gasteiger charge is -2.27. The molecular weight excluding hydrogens is 589 g/mol. The van der Waals surface area contributed by atoms with Gasteiger partial charge in [-0.2, -0.15) is 0 Å². The van der Waals surface area contributed by atoms with Gasteiger partial charge in [0.25, 0.3) is 0 Å². The summed E-state index contributed by atoms with van der Waals surface area (Å²) in [4.78, 5) is 27.8. The fraction of sp³-hybridized carbons (Fsp3) is 0.464. The Kier molecular flexibility index (Phi) is 9.35. The first-order valence-electron chi connectivity index (χ1n) is 12.6. The first-order valence-corrected chi connectivity index (χ1v) is 12.6. The Labute approximate surface area is 242 Å². The lowest BCUT2D eigenvalue weighted by Crippen LogP contribution is -2.31. The molecule has 0 aromatic heterocycles. The predicted octanol–water partition coefficient (Wildman–Crippen LogP) is 4.13. The average Bonchev–Trinajstić information content (AvgIpc) is 3.46. The van der Waals surface area contributed by atoms with E-state index in [0.717, 1.165) is 0 Å². The number of carbonyl (C=O) groups is 2. The third-order valence-corrected chi connectivity index (χ3v) is 7.09. The lowest BCUT2D eigenvalue weighted by molar-refractivity contribution is -0.143. The fourth-order valence-corrected chi connectivity index (χ4v) is 5.09. The zero-order valence-electron chi connectivity index (χ0n) is 23.2. The van der Waals surface area contributed by atoms with Gasteiger partial charge in [-0.3, -0.25) is 10.2 Å². The average molecular weight is 625 g/mol. The van der Waals surface area contributed by atoms with Crippen molar-refractivity contribution in [2.75, 3.05) is 45.4 Å². The number of hydrogen-bond acceptors (Lipinski definition) is 8. The molecule has 3 N–H and O–H groups in total. The molecule has 2 aromatic rings. The molecule has 1 saturated heterocycles. The molecule has 40 heavy (non-hydrogen) atoms. The highest BCUT2D eigenvalue weighted by atomic mass is 79.9. The minimum atomic E-state index is -1.05. The zero-order chi connectivity index (χ0) is 28.6. The second-order valence-corrected chi connectivity index (χ2v) is 10.8. The van der Waals surface area contributed by atoms with Crippen LogP contribution in [-0.4, -0.2) is 79.3 Å². The number of aliphatic carboxylic acids is 1. The van der Waals surface area contributed by atoms with Crippen LogP contribution in [0, 0.1) is 11.2 Å². The van der Waals surface area contributed by atoms with Gasteiger partial charge in [-0.1, -0.05) is 20.8 Å². The monoisotopic (exact) mass is 623 g/mol. The minimum Gasteiger partial charge on any atom is -0.505 e. The van der Waals surface area contributed by atoms with Gasteiger partial charge in [-0.25, -0.2) is 9.18 Å². The number of benzene rings is 2. The van der Waals surface area contributed by atoms with Gasteiger partial charge >= 0.3 is 5.97 Å². The second kappa shape index (κ2) is 12.0. The molecule has 0 amide bonds. The second-order valence-electron chi connectivity index (χ2n) is 10.8. The molecule has 2 aliphatic heterocycles. The summed E-state index contributed by atoms with van der Waals surface area (Å²) in [6.07, 6.45) is 0.266. The molecule has 0 radical (unpaired) electrons. The van der Waals surface area contributed by atoms with E-state index in [1.54, 1.807) is 18.2 Å². The van der Waals surface area contributed by atoms with E-state index in [1.807, 2.05) is 25.7 Å². The Hall–Kier alpha value is -3.38. The molecular formula is C28H35BrFN3O7. The van der Waals surface area contributed by atoms with Crippen LogP contribution < -0.4 is 14.4 Å². The number of aromatic hydroxyl groups is 1. The van der Waals surface area contributed by atoms with E-state index in [2.05, 4.69) is 0 Å². The van der Waals surface area contributed by atoms with Crippen LogP contribution in [0.1, 0.15) is 54.2 Å². The van der Waals surface area contributed by atoms with Crippen molar-refractivity contribution >= 4 is 40.3 Å². The summed E-state index contributed by atoms with van der Waals surface area (Å²) in [6, 6.07) is 4.89. The number of ketones is 1. The third-order valence-electron chi connectivity index (χ3n) is 7.09. The molecule has 1 atom stereocenters. The van der Waals surface area contributed by atoms with Crippen molar-refractivity contribution in [1.29, 1.82) is 5.41 Å². The molecule has 1 unspecified atom stereocenters. The van der Waals surface area contributed by atoms with E-state index in [4.69, 9.17) is 24.7 Å². The highest BCUT2D eigenvalue weighted by Gasteiger charge is 2.34. The lowest BCUT2D eigenvalue weighted by atomic mass is 9.84. The van der Waals surface area contributed by atoms with Crippen molar-refractivity contribution in [3.63, 3.8) is 0 Å². The van der Waals surface area contributed by atoms with Crippen molar-refractivity contribution < 1.29 is 38.4 Å². The van der Waals surface area contributed by atoms with E-state index in [9.17, 15) is 14.7 Å². The summed E-state index contributed by atoms with van der Waals surface area (Å²) in [7, 11) is 2.73. The number of amidine groups is 1. The van der Waals surface area contributed by atoms with E-state index in [1.165, 1.54) is 19.1 Å². The van der Waals surface area contributed by atoms with Gasteiger partial charge in [0, 0.05) is 30.8 Å². The van der Waals surface area contributed by atoms with E-state index < -0.39 is 23.8 Å². The maximum absolute atomic E-state index is 15.2. The molecule has 0 saturated carbocycles. The fourth-order valence-electron chi connectivity index (χ4n) is 5.09. The number of hydrogen-bond donors (Lipinski definition) is 3. The van der Waals surface area contributed by atoms with Gasteiger partial charge in [-0.15, -0.1) is 17.0 Å². The van der Waals surface area contributed by atoms with Gasteiger partial charge in [0.05, 0.1) is 38.1 Å². The molecule has 218 valence electrons. The number of phenolic OH excluding ortho intramolecular Hbond substituents is 1.